The molecule has 0 aliphatic rings. The monoisotopic (exact) mass is 327 g/mol. The van der Waals surface area contributed by atoms with Gasteiger partial charge in [-0.2, -0.15) is 0 Å². The fourth-order valence-electron chi connectivity index (χ4n) is 2.87. The number of nitrogens with one attached hydrogen (secondary N) is 1. The van der Waals surface area contributed by atoms with Gasteiger partial charge in [-0.05, 0) is 18.2 Å². The Kier molecular flexibility index (Phi) is 3.71. The summed E-state index contributed by atoms with van der Waals surface area (Å²) < 4.78 is 0. The van der Waals surface area contributed by atoms with Gasteiger partial charge < -0.3 is 15.8 Å². The summed E-state index contributed by atoms with van der Waals surface area (Å²) in [5.41, 5.74) is 11.2. The largest absolute Gasteiger partial charge is 0.508 e. The second-order valence-electron chi connectivity index (χ2n) is 5.81. The predicted octanol–water partition coefficient (Wildman–Crippen LogP) is 4.70. The number of imidazole rings is 1. The Hall–Kier alpha value is -3.53. The van der Waals surface area contributed by atoms with Crippen LogP contribution in [-0.4, -0.2) is 15.1 Å². The maximum atomic E-state index is 9.81. The molecule has 25 heavy (non-hydrogen) atoms. The van der Waals surface area contributed by atoms with Crippen LogP contribution in [0.15, 0.2) is 78.9 Å². The highest BCUT2D eigenvalue weighted by atomic mass is 16.3. The van der Waals surface area contributed by atoms with Crippen molar-refractivity contribution in [2.75, 3.05) is 5.73 Å². The van der Waals surface area contributed by atoms with Crippen LogP contribution in [-0.2, 0) is 0 Å². The minimum atomic E-state index is 0.156. The third kappa shape index (κ3) is 2.85. The molecule has 0 aliphatic heterocycles. The highest BCUT2D eigenvalue weighted by molar-refractivity contribution is 5.83. The van der Waals surface area contributed by atoms with Crippen molar-refractivity contribution in [2.24, 2.45) is 0 Å². The number of benzene rings is 3. The maximum Gasteiger partial charge on any atom is 0.140 e. The van der Waals surface area contributed by atoms with Crippen molar-refractivity contribution in [1.29, 1.82) is 0 Å². The first-order valence-electron chi connectivity index (χ1n) is 8.02. The van der Waals surface area contributed by atoms with Crippen LogP contribution in [0.5, 0.6) is 5.75 Å². The van der Waals surface area contributed by atoms with Gasteiger partial charge in [-0.1, -0.05) is 60.7 Å². The summed E-state index contributed by atoms with van der Waals surface area (Å²) in [4.78, 5) is 8.16. The number of hydrogen-bond donors (Lipinski definition) is 3. The van der Waals surface area contributed by atoms with Gasteiger partial charge in [-0.3, -0.25) is 0 Å². The molecule has 0 unspecified atom stereocenters. The average Bonchev–Trinajstić information content (AvgIpc) is 3.10. The number of nitrogens with zero attached hydrogens (tertiary/aromatic N) is 1. The molecule has 0 saturated carbocycles. The first kappa shape index (κ1) is 15.0. The summed E-state index contributed by atoms with van der Waals surface area (Å²) in [5, 5.41) is 9.81. The van der Waals surface area contributed by atoms with Gasteiger partial charge in [0.15, 0.2) is 0 Å². The maximum absolute atomic E-state index is 9.81. The van der Waals surface area contributed by atoms with Gasteiger partial charge in [-0.15, -0.1) is 0 Å². The molecule has 4 aromatic rings. The molecule has 0 saturated heterocycles. The van der Waals surface area contributed by atoms with Gasteiger partial charge in [-0.25, -0.2) is 4.98 Å². The van der Waals surface area contributed by atoms with Crippen molar-refractivity contribution in [3.05, 3.63) is 78.9 Å². The van der Waals surface area contributed by atoms with E-state index >= 15 is 0 Å². The number of aromatic amines is 1. The number of nitrogen functional groups attached to an aromatic ring is 1. The Morgan fingerprint density at radius 1 is 0.800 bits per heavy atom. The molecule has 1 heterocycles. The first-order chi connectivity index (χ1) is 12.2. The van der Waals surface area contributed by atoms with E-state index in [9.17, 15) is 5.11 Å². The summed E-state index contributed by atoms with van der Waals surface area (Å²) in [6.45, 7) is 0. The summed E-state index contributed by atoms with van der Waals surface area (Å²) in [7, 11) is 0. The Balaban J connectivity index is 1.94. The molecule has 3 aromatic carbocycles. The van der Waals surface area contributed by atoms with Crippen LogP contribution in [0.4, 0.5) is 5.69 Å². The van der Waals surface area contributed by atoms with Gasteiger partial charge in [0.2, 0.25) is 0 Å². The van der Waals surface area contributed by atoms with Crippen molar-refractivity contribution in [3.63, 3.8) is 0 Å². The van der Waals surface area contributed by atoms with Gasteiger partial charge in [0.1, 0.15) is 11.6 Å². The number of rotatable bonds is 3. The molecule has 4 rings (SSSR count). The molecule has 0 aliphatic carbocycles. The van der Waals surface area contributed by atoms with Crippen molar-refractivity contribution in [2.45, 2.75) is 0 Å². The molecular weight excluding hydrogens is 310 g/mol. The van der Waals surface area contributed by atoms with E-state index in [1.165, 1.54) is 0 Å². The van der Waals surface area contributed by atoms with Gasteiger partial charge in [0.05, 0.1) is 11.4 Å². The van der Waals surface area contributed by atoms with E-state index in [2.05, 4.69) is 4.98 Å². The third-order valence-electron chi connectivity index (χ3n) is 4.11. The van der Waals surface area contributed by atoms with Crippen LogP contribution < -0.4 is 5.73 Å². The number of H-pyrrole nitrogens is 1. The number of hydrogen-bond acceptors (Lipinski definition) is 3. The number of nitrogens with two attached hydrogens (primary N) is 1. The quantitative estimate of drug-likeness (QED) is 0.377. The van der Waals surface area contributed by atoms with E-state index < -0.39 is 0 Å². The second kappa shape index (κ2) is 6.17. The molecule has 4 N–H and O–H groups in total. The molecule has 4 nitrogen and oxygen atoms in total. The van der Waals surface area contributed by atoms with E-state index in [1.807, 2.05) is 60.7 Å². The summed E-state index contributed by atoms with van der Waals surface area (Å²) in [6, 6.07) is 24.9. The van der Waals surface area contributed by atoms with Crippen molar-refractivity contribution >= 4 is 5.69 Å². The molecule has 0 atom stereocenters. The van der Waals surface area contributed by atoms with Crippen LogP contribution in [0, 0.1) is 0 Å². The van der Waals surface area contributed by atoms with Gasteiger partial charge >= 0.3 is 0 Å². The molecule has 1 aromatic heterocycles. The number of phenolic OH excluding ortho intramolecular Hbond substituents is 1. The summed E-state index contributed by atoms with van der Waals surface area (Å²) >= 11 is 0. The van der Waals surface area contributed by atoms with Crippen LogP contribution >= 0.6 is 0 Å². The second-order valence-corrected chi connectivity index (χ2v) is 5.81. The van der Waals surface area contributed by atoms with E-state index in [1.54, 1.807) is 18.2 Å². The van der Waals surface area contributed by atoms with Gasteiger partial charge in [0.25, 0.3) is 0 Å². The molecule has 0 fully saturated rings. The highest BCUT2D eigenvalue weighted by Crippen LogP contribution is 2.35. The summed E-state index contributed by atoms with van der Waals surface area (Å²) in [6.07, 6.45) is 0. The van der Waals surface area contributed by atoms with E-state index in [-0.39, 0.29) is 5.75 Å². The Bertz CT molecular complexity index is 951. The lowest BCUT2D eigenvalue weighted by molar-refractivity contribution is 0.475. The number of aromatic hydroxyl groups is 1. The number of anilines is 1. The smallest absolute Gasteiger partial charge is 0.140 e. The molecule has 4 heteroatoms. The molecule has 0 bridgehead atoms. The third-order valence-corrected chi connectivity index (χ3v) is 4.11. The Morgan fingerprint density at radius 3 is 2.12 bits per heavy atom. The molecular formula is C21H17N3O. The fourth-order valence-corrected chi connectivity index (χ4v) is 2.87. The SMILES string of the molecule is Nc1ccc(O)cc1-c1nc(-c2ccccc2)c(-c2ccccc2)[nH]1. The van der Waals surface area contributed by atoms with Crippen molar-refractivity contribution < 1.29 is 5.11 Å². The molecule has 0 spiro atoms. The van der Waals surface area contributed by atoms with Crippen molar-refractivity contribution in [1.82, 2.24) is 9.97 Å². The molecule has 122 valence electrons. The van der Waals surface area contributed by atoms with Crippen LogP contribution in [0.3, 0.4) is 0 Å². The van der Waals surface area contributed by atoms with Gasteiger partial charge in [0, 0.05) is 22.4 Å². The summed E-state index contributed by atoms with van der Waals surface area (Å²) in [5.74, 6) is 0.786. The lowest BCUT2D eigenvalue weighted by atomic mass is 10.1. The predicted molar refractivity (Wildman–Crippen MR) is 101 cm³/mol. The minimum absolute atomic E-state index is 0.156. The van der Waals surface area contributed by atoms with Crippen molar-refractivity contribution in [3.8, 4) is 39.7 Å². The zero-order valence-corrected chi connectivity index (χ0v) is 13.5. The van der Waals surface area contributed by atoms with Crippen LogP contribution in [0.25, 0.3) is 33.9 Å². The van der Waals surface area contributed by atoms with Crippen LogP contribution in [0.2, 0.25) is 0 Å². The zero-order chi connectivity index (χ0) is 17.2. The zero-order valence-electron chi connectivity index (χ0n) is 13.5. The van der Waals surface area contributed by atoms with Crippen LogP contribution in [0.1, 0.15) is 0 Å². The standard InChI is InChI=1S/C21H17N3O/c22-18-12-11-16(25)13-17(18)21-23-19(14-7-3-1-4-8-14)20(24-21)15-9-5-2-6-10-15/h1-13,25H,22H2,(H,23,24). The normalized spacial score (nSPS) is 10.7. The average molecular weight is 327 g/mol. The molecule has 0 radical (unpaired) electrons. The van der Waals surface area contributed by atoms with E-state index in [0.29, 0.717) is 17.1 Å². The Morgan fingerprint density at radius 2 is 1.44 bits per heavy atom. The van der Waals surface area contributed by atoms with E-state index in [0.717, 1.165) is 22.5 Å². The fraction of sp³-hybridized carbons (Fsp3) is 0. The highest BCUT2D eigenvalue weighted by Gasteiger charge is 2.16. The number of phenols is 1. The topological polar surface area (TPSA) is 74.9 Å². The molecule has 0 amide bonds. The lowest BCUT2D eigenvalue weighted by Gasteiger charge is -2.03. The van der Waals surface area contributed by atoms with E-state index in [4.69, 9.17) is 10.7 Å². The first-order valence-corrected chi connectivity index (χ1v) is 8.02. The Labute approximate surface area is 145 Å². The number of aromatic nitrogens is 2. The minimum Gasteiger partial charge on any atom is -0.508 e. The lowest BCUT2D eigenvalue weighted by Crippen LogP contribution is -1.91.